The van der Waals surface area contributed by atoms with Gasteiger partial charge in [0.15, 0.2) is 0 Å². The maximum atomic E-state index is 14.5. The molecule has 10 heteroatoms. The molecule has 0 spiro atoms. The first kappa shape index (κ1) is 35.2. The number of ether oxygens (including phenoxy) is 1. The van der Waals surface area contributed by atoms with Gasteiger partial charge in [-0.15, -0.1) is 0 Å². The van der Waals surface area contributed by atoms with Crippen LogP contribution in [-0.4, -0.2) is 50.9 Å². The highest BCUT2D eigenvalue weighted by atomic mass is 32.2. The number of hydrogen-bond donors (Lipinski definition) is 1. The number of nitrogens with one attached hydrogen (secondary N) is 1. The number of carbonyl (C=O) groups is 2. The quantitative estimate of drug-likeness (QED) is 0.143. The summed E-state index contributed by atoms with van der Waals surface area (Å²) in [6, 6.07) is 26.9. The minimum Gasteiger partial charge on any atom is -0.494 e. The molecule has 0 bridgehead atoms. The van der Waals surface area contributed by atoms with Crippen LogP contribution >= 0.6 is 0 Å². The van der Waals surface area contributed by atoms with Gasteiger partial charge in [-0.25, -0.2) is 12.8 Å². The lowest BCUT2D eigenvalue weighted by molar-refractivity contribution is -0.140. The Morgan fingerprint density at radius 1 is 0.851 bits per heavy atom. The van der Waals surface area contributed by atoms with Crippen molar-refractivity contribution < 1.29 is 27.1 Å². The van der Waals surface area contributed by atoms with E-state index >= 15 is 0 Å². The van der Waals surface area contributed by atoms with Crippen molar-refractivity contribution in [3.63, 3.8) is 0 Å². The molecule has 0 aliphatic heterocycles. The predicted octanol–water partition coefficient (Wildman–Crippen LogP) is 6.28. The number of benzene rings is 4. The molecule has 1 atom stereocenters. The van der Waals surface area contributed by atoms with Gasteiger partial charge in [-0.2, -0.15) is 0 Å². The van der Waals surface area contributed by atoms with Gasteiger partial charge in [-0.3, -0.25) is 13.9 Å². The molecule has 0 fully saturated rings. The van der Waals surface area contributed by atoms with Crippen molar-refractivity contribution in [2.24, 2.45) is 0 Å². The molecule has 0 unspecified atom stereocenters. The van der Waals surface area contributed by atoms with Gasteiger partial charge >= 0.3 is 0 Å². The number of rotatable bonds is 16. The van der Waals surface area contributed by atoms with E-state index in [2.05, 4.69) is 5.32 Å². The van der Waals surface area contributed by atoms with Crippen molar-refractivity contribution in [2.75, 3.05) is 24.0 Å². The molecule has 8 nitrogen and oxygen atoms in total. The summed E-state index contributed by atoms with van der Waals surface area (Å²) in [5.41, 5.74) is 2.57. The normalized spacial score (nSPS) is 11.8. The van der Waals surface area contributed by atoms with Gasteiger partial charge in [0, 0.05) is 19.5 Å². The number of hydrogen-bond acceptors (Lipinski definition) is 5. The minimum atomic E-state index is -4.23. The zero-order valence-electron chi connectivity index (χ0n) is 27.1. The average molecular weight is 660 g/mol. The molecule has 47 heavy (non-hydrogen) atoms. The average Bonchev–Trinajstić information content (AvgIpc) is 3.07. The van der Waals surface area contributed by atoms with Gasteiger partial charge in [-0.1, -0.05) is 73.5 Å². The fourth-order valence-electron chi connectivity index (χ4n) is 5.09. The highest BCUT2D eigenvalue weighted by molar-refractivity contribution is 7.92. The van der Waals surface area contributed by atoms with E-state index in [-0.39, 0.29) is 29.5 Å². The second kappa shape index (κ2) is 16.7. The van der Waals surface area contributed by atoms with Crippen LogP contribution in [0.5, 0.6) is 5.75 Å². The van der Waals surface area contributed by atoms with E-state index in [4.69, 9.17) is 4.74 Å². The molecule has 0 aliphatic carbocycles. The Morgan fingerprint density at radius 2 is 1.51 bits per heavy atom. The lowest BCUT2D eigenvalue weighted by atomic mass is 10.0. The Hall–Kier alpha value is -4.70. The molecular weight excluding hydrogens is 617 g/mol. The van der Waals surface area contributed by atoms with Crippen LogP contribution in [0, 0.1) is 12.7 Å². The van der Waals surface area contributed by atoms with Crippen LogP contribution in [0.1, 0.15) is 43.4 Å². The fraction of sp³-hybridized carbons (Fsp3) is 0.297. The van der Waals surface area contributed by atoms with Crippen molar-refractivity contribution in [1.29, 1.82) is 0 Å². The number of anilines is 1. The van der Waals surface area contributed by atoms with Crippen molar-refractivity contribution in [1.82, 2.24) is 10.2 Å². The minimum absolute atomic E-state index is 0.0213. The second-order valence-corrected chi connectivity index (χ2v) is 13.1. The predicted molar refractivity (Wildman–Crippen MR) is 182 cm³/mol. The Morgan fingerprint density at radius 3 is 2.13 bits per heavy atom. The molecule has 2 amide bonds. The molecule has 4 rings (SSSR count). The van der Waals surface area contributed by atoms with Gasteiger partial charge in [-0.05, 0) is 79.9 Å². The maximum absolute atomic E-state index is 14.5. The third kappa shape index (κ3) is 9.65. The summed E-state index contributed by atoms with van der Waals surface area (Å²) in [7, 11) is -4.23. The first-order valence-electron chi connectivity index (χ1n) is 15.8. The first-order valence-corrected chi connectivity index (χ1v) is 17.2. The molecule has 0 aliphatic rings. The number of carbonyl (C=O) groups excluding carboxylic acids is 2. The lowest BCUT2D eigenvalue weighted by Gasteiger charge is -2.34. The van der Waals surface area contributed by atoms with Crippen LogP contribution < -0.4 is 14.4 Å². The summed E-state index contributed by atoms with van der Waals surface area (Å²) in [4.78, 5) is 29.7. The van der Waals surface area contributed by atoms with Crippen LogP contribution in [0.4, 0.5) is 10.1 Å². The number of nitrogens with zero attached hydrogens (tertiary/aromatic N) is 2. The SMILES string of the molecule is CCCCNC(=O)[C@@H](Cc1ccccc1)N(Cc1ccc(F)cc1)C(=O)CN(c1ccc(OCC)cc1)S(=O)(=O)c1ccc(C)cc1. The van der Waals surface area contributed by atoms with E-state index in [1.165, 1.54) is 29.2 Å². The van der Waals surface area contributed by atoms with Crippen LogP contribution in [0.2, 0.25) is 0 Å². The van der Waals surface area contributed by atoms with Gasteiger partial charge in [0.1, 0.15) is 24.2 Å². The molecule has 1 N–H and O–H groups in total. The summed E-state index contributed by atoms with van der Waals surface area (Å²) in [6.45, 7) is 5.96. The van der Waals surface area contributed by atoms with E-state index in [0.29, 0.717) is 24.5 Å². The van der Waals surface area contributed by atoms with Crippen LogP contribution in [0.25, 0.3) is 0 Å². The summed E-state index contributed by atoms with van der Waals surface area (Å²) < 4.78 is 48.8. The third-order valence-corrected chi connectivity index (χ3v) is 9.48. The Kier molecular flexibility index (Phi) is 12.5. The van der Waals surface area contributed by atoms with Crippen LogP contribution in [-0.2, 0) is 32.6 Å². The number of sulfonamides is 1. The molecule has 4 aromatic carbocycles. The molecule has 0 heterocycles. The zero-order valence-corrected chi connectivity index (χ0v) is 27.9. The van der Waals surface area contributed by atoms with Crippen molar-refractivity contribution in [3.05, 3.63) is 126 Å². The van der Waals surface area contributed by atoms with E-state index in [1.807, 2.05) is 51.1 Å². The van der Waals surface area contributed by atoms with Crippen molar-refractivity contribution in [3.8, 4) is 5.75 Å². The van der Waals surface area contributed by atoms with E-state index in [9.17, 15) is 22.4 Å². The highest BCUT2D eigenvalue weighted by Gasteiger charge is 2.34. The van der Waals surface area contributed by atoms with Gasteiger partial charge in [0.25, 0.3) is 10.0 Å². The van der Waals surface area contributed by atoms with Gasteiger partial charge < -0.3 is 15.0 Å². The van der Waals surface area contributed by atoms with Gasteiger partial charge in [0.05, 0.1) is 17.2 Å². The number of amides is 2. The smallest absolute Gasteiger partial charge is 0.264 e. The molecule has 0 saturated heterocycles. The molecular formula is C37H42FN3O5S. The molecule has 4 aromatic rings. The highest BCUT2D eigenvalue weighted by Crippen LogP contribution is 2.27. The third-order valence-electron chi connectivity index (χ3n) is 7.69. The number of aryl methyl sites for hydroxylation is 1. The van der Waals surface area contributed by atoms with Crippen molar-refractivity contribution in [2.45, 2.75) is 57.5 Å². The van der Waals surface area contributed by atoms with Crippen LogP contribution in [0.3, 0.4) is 0 Å². The number of unbranched alkanes of at least 4 members (excludes halogenated alkanes) is 1. The molecule has 248 valence electrons. The van der Waals surface area contributed by atoms with Crippen LogP contribution in [0.15, 0.2) is 108 Å². The summed E-state index contributed by atoms with van der Waals surface area (Å²) >= 11 is 0. The van der Waals surface area contributed by atoms with E-state index in [1.54, 1.807) is 48.5 Å². The molecule has 0 radical (unpaired) electrons. The Bertz CT molecular complexity index is 1700. The summed E-state index contributed by atoms with van der Waals surface area (Å²) in [5.74, 6) is -0.826. The first-order chi connectivity index (χ1) is 22.6. The number of halogens is 1. The fourth-order valence-corrected chi connectivity index (χ4v) is 6.50. The maximum Gasteiger partial charge on any atom is 0.264 e. The van der Waals surface area contributed by atoms with E-state index in [0.717, 1.165) is 28.3 Å². The summed E-state index contributed by atoms with van der Waals surface area (Å²) in [5, 5.41) is 2.96. The van der Waals surface area contributed by atoms with Crippen molar-refractivity contribution >= 4 is 27.5 Å². The molecule has 0 aromatic heterocycles. The Balaban J connectivity index is 1.78. The monoisotopic (exact) mass is 659 g/mol. The Labute approximate surface area is 277 Å². The largest absolute Gasteiger partial charge is 0.494 e. The lowest BCUT2D eigenvalue weighted by Crippen LogP contribution is -2.53. The standard InChI is InChI=1S/C37H42FN3O5S/c1-4-6-24-39-37(43)35(25-29-10-8-7-9-11-29)40(26-30-14-16-31(38)17-15-30)36(42)27-41(32-18-20-33(21-19-32)46-5-2)47(44,45)34-22-12-28(3)13-23-34/h7-23,35H,4-6,24-27H2,1-3H3,(H,39,43)/t35-/m1/s1. The topological polar surface area (TPSA) is 96.0 Å². The molecule has 0 saturated carbocycles. The summed E-state index contributed by atoms with van der Waals surface area (Å²) in [6.07, 6.45) is 1.82. The van der Waals surface area contributed by atoms with E-state index < -0.39 is 34.3 Å². The van der Waals surface area contributed by atoms with Gasteiger partial charge in [0.2, 0.25) is 11.8 Å². The second-order valence-electron chi connectivity index (χ2n) is 11.2. The zero-order chi connectivity index (χ0) is 33.8.